The first-order chi connectivity index (χ1) is 10.8. The fourth-order valence-electron chi connectivity index (χ4n) is 1.50. The maximum Gasteiger partial charge on any atom is 0.434 e. The van der Waals surface area contributed by atoms with Gasteiger partial charge in [-0.05, 0) is 18.5 Å². The number of nitrogens with one attached hydrogen (secondary N) is 2. The lowest BCUT2D eigenvalue weighted by molar-refractivity contribution is -0.141. The molecule has 0 aliphatic carbocycles. The first-order valence-electron chi connectivity index (χ1n) is 6.67. The summed E-state index contributed by atoms with van der Waals surface area (Å²) in [7, 11) is 1.47. The lowest BCUT2D eigenvalue weighted by atomic mass is 10.2. The number of hydrogen-bond donors (Lipinski definition) is 2. The van der Waals surface area contributed by atoms with Gasteiger partial charge in [0.15, 0.2) is 5.69 Å². The summed E-state index contributed by atoms with van der Waals surface area (Å²) in [5.41, 5.74) is -0.244. The van der Waals surface area contributed by atoms with Gasteiger partial charge in [0.1, 0.15) is 10.8 Å². The van der Waals surface area contributed by atoms with Crippen molar-refractivity contribution in [2.24, 2.45) is 0 Å². The highest BCUT2D eigenvalue weighted by Crippen LogP contribution is 2.29. The highest BCUT2D eigenvalue weighted by atomic mass is 32.1. The average Bonchev–Trinajstić information content (AvgIpc) is 2.89. The van der Waals surface area contributed by atoms with E-state index in [2.05, 4.69) is 25.0 Å². The van der Waals surface area contributed by atoms with Gasteiger partial charge in [0.2, 0.25) is 0 Å². The molecular weight excluding hydrogens is 331 g/mol. The van der Waals surface area contributed by atoms with E-state index in [4.69, 9.17) is 0 Å². The first-order valence-corrected chi connectivity index (χ1v) is 7.45. The minimum Gasteiger partial charge on any atom is -0.355 e. The van der Waals surface area contributed by atoms with E-state index in [-0.39, 0.29) is 11.7 Å². The molecule has 2 aromatic rings. The highest BCUT2D eigenvalue weighted by molar-refractivity contribution is 7.10. The molecule has 0 radical (unpaired) electrons. The molecule has 0 fully saturated rings. The number of anilines is 2. The Hall–Kier alpha value is -2.23. The Morgan fingerprint density at radius 1 is 1.22 bits per heavy atom. The van der Waals surface area contributed by atoms with Crippen LogP contribution in [-0.2, 0) is 6.18 Å². The molecule has 126 valence electrons. The minimum absolute atomic E-state index is 0.0943. The molecular formula is C13H16F3N5OS. The third-order valence-corrected chi connectivity index (χ3v) is 3.35. The number of amides is 1. The van der Waals surface area contributed by atoms with Crippen LogP contribution in [0.25, 0.3) is 0 Å². The fraction of sp³-hybridized carbons (Fsp3) is 0.385. The Kier molecular flexibility index (Phi) is 6.43. The quantitative estimate of drug-likeness (QED) is 0.890. The monoisotopic (exact) mass is 347 g/mol. The Labute approximate surface area is 135 Å². The third-order valence-electron chi connectivity index (χ3n) is 2.50. The van der Waals surface area contributed by atoms with Gasteiger partial charge in [-0.3, -0.25) is 4.79 Å². The van der Waals surface area contributed by atoms with Crippen molar-refractivity contribution in [2.75, 3.05) is 12.4 Å². The van der Waals surface area contributed by atoms with E-state index in [0.29, 0.717) is 22.5 Å². The number of aryl methyl sites for hydroxylation is 1. The Morgan fingerprint density at radius 2 is 1.87 bits per heavy atom. The van der Waals surface area contributed by atoms with Crippen molar-refractivity contribution in [2.45, 2.75) is 26.9 Å². The van der Waals surface area contributed by atoms with Crippen LogP contribution in [0.2, 0.25) is 0 Å². The molecule has 2 rings (SSSR count). The molecule has 0 atom stereocenters. The van der Waals surface area contributed by atoms with Gasteiger partial charge >= 0.3 is 6.18 Å². The molecule has 0 aliphatic heterocycles. The van der Waals surface area contributed by atoms with E-state index < -0.39 is 11.9 Å². The lowest BCUT2D eigenvalue weighted by Gasteiger charge is -2.07. The van der Waals surface area contributed by atoms with Crippen LogP contribution in [0.5, 0.6) is 0 Å². The van der Waals surface area contributed by atoms with Crippen LogP contribution in [0.15, 0.2) is 12.4 Å². The number of carbonyl (C=O) groups is 1. The van der Waals surface area contributed by atoms with Crippen LogP contribution in [0.4, 0.5) is 24.0 Å². The van der Waals surface area contributed by atoms with Crippen LogP contribution >= 0.6 is 11.5 Å². The summed E-state index contributed by atoms with van der Waals surface area (Å²) in [6.07, 6.45) is -2.97. The molecule has 0 bridgehead atoms. The zero-order valence-electron chi connectivity index (χ0n) is 12.9. The van der Waals surface area contributed by atoms with Crippen molar-refractivity contribution in [3.8, 4) is 0 Å². The predicted octanol–water partition coefficient (Wildman–Crippen LogP) is 3.39. The van der Waals surface area contributed by atoms with Crippen LogP contribution in [0.3, 0.4) is 0 Å². The number of hydrogen-bond acceptors (Lipinski definition) is 6. The molecule has 0 aliphatic rings. The minimum atomic E-state index is -4.54. The van der Waals surface area contributed by atoms with Crippen molar-refractivity contribution >= 4 is 28.3 Å². The summed E-state index contributed by atoms with van der Waals surface area (Å²) in [6, 6.07) is 0. The number of rotatable bonds is 3. The SMILES string of the molecule is CC.CNC(=O)c1c(C)nsc1Nc1cnc(C(F)(F)F)cn1. The molecule has 6 nitrogen and oxygen atoms in total. The molecule has 1 amide bonds. The van der Waals surface area contributed by atoms with Crippen molar-refractivity contribution in [1.82, 2.24) is 19.7 Å². The van der Waals surface area contributed by atoms with Gasteiger partial charge in [-0.25, -0.2) is 9.97 Å². The fourth-order valence-corrected chi connectivity index (χ4v) is 2.30. The van der Waals surface area contributed by atoms with Gasteiger partial charge in [0.05, 0.1) is 23.7 Å². The number of carbonyl (C=O) groups excluding carboxylic acids is 1. The predicted molar refractivity (Wildman–Crippen MR) is 81.9 cm³/mol. The van der Waals surface area contributed by atoms with Gasteiger partial charge in [0, 0.05) is 7.05 Å². The highest BCUT2D eigenvalue weighted by Gasteiger charge is 2.32. The van der Waals surface area contributed by atoms with E-state index in [0.717, 1.165) is 17.7 Å². The zero-order chi connectivity index (χ0) is 17.6. The van der Waals surface area contributed by atoms with Crippen molar-refractivity contribution in [3.05, 3.63) is 29.3 Å². The van der Waals surface area contributed by atoms with Crippen LogP contribution in [0, 0.1) is 6.92 Å². The molecule has 0 spiro atoms. The summed E-state index contributed by atoms with van der Waals surface area (Å²) in [5.74, 6) is -0.250. The summed E-state index contributed by atoms with van der Waals surface area (Å²) >= 11 is 1.01. The molecule has 10 heteroatoms. The van der Waals surface area contributed by atoms with Crippen LogP contribution in [-0.4, -0.2) is 27.3 Å². The molecule has 0 saturated carbocycles. The Bertz CT molecular complexity index is 655. The maximum atomic E-state index is 12.4. The van der Waals surface area contributed by atoms with Crippen molar-refractivity contribution in [1.29, 1.82) is 0 Å². The number of nitrogens with zero attached hydrogens (tertiary/aromatic N) is 3. The van der Waals surface area contributed by atoms with Gasteiger partial charge < -0.3 is 10.6 Å². The van der Waals surface area contributed by atoms with E-state index >= 15 is 0 Å². The van der Waals surface area contributed by atoms with Crippen molar-refractivity contribution < 1.29 is 18.0 Å². The Morgan fingerprint density at radius 3 is 2.35 bits per heavy atom. The smallest absolute Gasteiger partial charge is 0.355 e. The Balaban J connectivity index is 0.00000127. The van der Waals surface area contributed by atoms with Crippen molar-refractivity contribution in [3.63, 3.8) is 0 Å². The van der Waals surface area contributed by atoms with E-state index in [1.807, 2.05) is 13.8 Å². The first kappa shape index (κ1) is 18.8. The standard InChI is InChI=1S/C11H10F3N5OS.C2H6/c1-5-8(9(20)15-2)10(21-19-5)18-7-4-16-6(3-17-7)11(12,13)14;1-2/h3-4H,1-2H3,(H,15,20)(H,17,18);1-2H3. The maximum absolute atomic E-state index is 12.4. The average molecular weight is 347 g/mol. The normalized spacial score (nSPS) is 10.6. The van der Waals surface area contributed by atoms with Crippen LogP contribution in [0.1, 0.15) is 35.6 Å². The summed E-state index contributed by atoms with van der Waals surface area (Å²) < 4.78 is 41.2. The lowest BCUT2D eigenvalue weighted by Crippen LogP contribution is -2.19. The molecule has 0 saturated heterocycles. The van der Waals surface area contributed by atoms with Gasteiger partial charge in [-0.15, -0.1) is 0 Å². The third kappa shape index (κ3) is 4.62. The van der Waals surface area contributed by atoms with E-state index in [9.17, 15) is 18.0 Å². The van der Waals surface area contributed by atoms with Gasteiger partial charge in [0.25, 0.3) is 5.91 Å². The molecule has 0 unspecified atom stereocenters. The summed E-state index contributed by atoms with van der Waals surface area (Å²) in [4.78, 5) is 18.6. The second-order valence-electron chi connectivity index (χ2n) is 3.96. The second-order valence-corrected chi connectivity index (χ2v) is 4.73. The van der Waals surface area contributed by atoms with E-state index in [1.54, 1.807) is 6.92 Å². The molecule has 2 N–H and O–H groups in total. The van der Waals surface area contributed by atoms with E-state index in [1.165, 1.54) is 7.05 Å². The molecule has 2 heterocycles. The zero-order valence-corrected chi connectivity index (χ0v) is 13.8. The molecule has 23 heavy (non-hydrogen) atoms. The summed E-state index contributed by atoms with van der Waals surface area (Å²) in [6.45, 7) is 5.66. The number of alkyl halides is 3. The van der Waals surface area contributed by atoms with Crippen LogP contribution < -0.4 is 10.6 Å². The topological polar surface area (TPSA) is 79.8 Å². The largest absolute Gasteiger partial charge is 0.434 e. The molecule has 2 aromatic heterocycles. The molecule has 0 aromatic carbocycles. The summed E-state index contributed by atoms with van der Waals surface area (Å²) in [5, 5.41) is 5.60. The second kappa shape index (κ2) is 7.86. The number of halogens is 3. The number of aromatic nitrogens is 3. The van der Waals surface area contributed by atoms with Gasteiger partial charge in [-0.1, -0.05) is 13.8 Å². The van der Waals surface area contributed by atoms with Gasteiger partial charge in [-0.2, -0.15) is 17.5 Å².